The molecule has 0 saturated carbocycles. The Bertz CT molecular complexity index is 967. The average Bonchev–Trinajstić information content (AvgIpc) is 2.69. The molecule has 1 unspecified atom stereocenters. The quantitative estimate of drug-likeness (QED) is 0.607. The molecule has 1 amide bonds. The summed E-state index contributed by atoms with van der Waals surface area (Å²) in [6, 6.07) is 16.9. The number of phenolic OH excluding ortho intramolecular Hbond substituents is 1. The van der Waals surface area contributed by atoms with Crippen molar-refractivity contribution in [3.63, 3.8) is 0 Å². The standard InChI is InChI=1S/C21H18Cl2N2O3/c1-14(28-20-10-9-15(22)12-17(20)23)21(27)25(13-16-6-4-5-11-24-16)18-7-2-3-8-19(18)26/h2-12,14,26H,13H2,1H3. The Kier molecular flexibility index (Phi) is 6.39. The van der Waals surface area contributed by atoms with Crippen molar-refractivity contribution in [3.05, 3.63) is 82.6 Å². The smallest absolute Gasteiger partial charge is 0.268 e. The van der Waals surface area contributed by atoms with Crippen LogP contribution >= 0.6 is 23.2 Å². The Balaban J connectivity index is 1.88. The number of anilines is 1. The fourth-order valence-corrected chi connectivity index (χ4v) is 3.11. The molecule has 0 fully saturated rings. The van der Waals surface area contributed by atoms with E-state index in [1.165, 1.54) is 11.0 Å². The van der Waals surface area contributed by atoms with Crippen LogP contribution in [0.15, 0.2) is 66.9 Å². The Morgan fingerprint density at radius 3 is 2.57 bits per heavy atom. The number of hydrogen-bond acceptors (Lipinski definition) is 4. The molecule has 1 heterocycles. The number of aromatic hydroxyl groups is 1. The first-order valence-corrected chi connectivity index (χ1v) is 9.32. The molecule has 0 saturated heterocycles. The Morgan fingerprint density at radius 2 is 1.89 bits per heavy atom. The molecule has 144 valence electrons. The summed E-state index contributed by atoms with van der Waals surface area (Å²) >= 11 is 12.0. The van der Waals surface area contributed by atoms with Crippen molar-refractivity contribution in [2.24, 2.45) is 0 Å². The molecular weight excluding hydrogens is 399 g/mol. The molecule has 0 aliphatic heterocycles. The van der Waals surface area contributed by atoms with Crippen LogP contribution in [-0.4, -0.2) is 22.1 Å². The summed E-state index contributed by atoms with van der Waals surface area (Å²) in [6.45, 7) is 1.80. The summed E-state index contributed by atoms with van der Waals surface area (Å²) in [5.74, 6) is -0.0105. The predicted molar refractivity (Wildman–Crippen MR) is 110 cm³/mol. The van der Waals surface area contributed by atoms with Gasteiger partial charge in [0.1, 0.15) is 11.5 Å². The van der Waals surface area contributed by atoms with Gasteiger partial charge in [-0.1, -0.05) is 41.4 Å². The van der Waals surface area contributed by atoms with Gasteiger partial charge in [0, 0.05) is 11.2 Å². The van der Waals surface area contributed by atoms with Gasteiger partial charge in [-0.3, -0.25) is 14.7 Å². The molecule has 3 aromatic rings. The van der Waals surface area contributed by atoms with Crippen LogP contribution in [-0.2, 0) is 11.3 Å². The van der Waals surface area contributed by atoms with Gasteiger partial charge in [0.05, 0.1) is 22.9 Å². The number of pyridine rings is 1. The first-order valence-electron chi connectivity index (χ1n) is 8.56. The van der Waals surface area contributed by atoms with Gasteiger partial charge in [-0.05, 0) is 49.4 Å². The van der Waals surface area contributed by atoms with Crippen molar-refractivity contribution in [3.8, 4) is 11.5 Å². The van der Waals surface area contributed by atoms with Crippen LogP contribution in [0.3, 0.4) is 0 Å². The van der Waals surface area contributed by atoms with E-state index in [9.17, 15) is 9.90 Å². The number of carbonyl (C=O) groups is 1. The van der Waals surface area contributed by atoms with E-state index in [4.69, 9.17) is 27.9 Å². The van der Waals surface area contributed by atoms with Crippen LogP contribution in [0.2, 0.25) is 10.0 Å². The van der Waals surface area contributed by atoms with Crippen molar-refractivity contribution in [2.75, 3.05) is 4.90 Å². The first-order chi connectivity index (χ1) is 13.5. The van der Waals surface area contributed by atoms with Crippen molar-refractivity contribution in [2.45, 2.75) is 19.6 Å². The summed E-state index contributed by atoms with van der Waals surface area (Å²) in [4.78, 5) is 18.9. The van der Waals surface area contributed by atoms with Gasteiger partial charge in [0.2, 0.25) is 0 Å². The van der Waals surface area contributed by atoms with Crippen LogP contribution in [0.5, 0.6) is 11.5 Å². The number of nitrogens with zero attached hydrogens (tertiary/aromatic N) is 2. The van der Waals surface area contributed by atoms with E-state index in [1.54, 1.807) is 55.6 Å². The minimum atomic E-state index is -0.859. The lowest BCUT2D eigenvalue weighted by Crippen LogP contribution is -2.40. The topological polar surface area (TPSA) is 62.7 Å². The highest BCUT2D eigenvalue weighted by molar-refractivity contribution is 6.35. The zero-order valence-electron chi connectivity index (χ0n) is 15.0. The molecule has 5 nitrogen and oxygen atoms in total. The Hall–Kier alpha value is -2.76. The third kappa shape index (κ3) is 4.74. The number of carbonyl (C=O) groups excluding carboxylic acids is 1. The Morgan fingerprint density at radius 1 is 1.14 bits per heavy atom. The molecule has 0 aliphatic rings. The number of benzene rings is 2. The number of amides is 1. The van der Waals surface area contributed by atoms with Gasteiger partial charge in [0.15, 0.2) is 6.10 Å². The molecule has 1 aromatic heterocycles. The molecule has 3 rings (SSSR count). The van der Waals surface area contributed by atoms with E-state index in [0.717, 1.165) is 0 Å². The van der Waals surface area contributed by atoms with Crippen molar-refractivity contribution in [1.29, 1.82) is 0 Å². The monoisotopic (exact) mass is 416 g/mol. The zero-order chi connectivity index (χ0) is 20.1. The lowest BCUT2D eigenvalue weighted by molar-refractivity contribution is -0.124. The van der Waals surface area contributed by atoms with Crippen LogP contribution in [0.1, 0.15) is 12.6 Å². The fraction of sp³-hybridized carbons (Fsp3) is 0.143. The molecule has 0 radical (unpaired) electrons. The number of hydrogen-bond donors (Lipinski definition) is 1. The van der Waals surface area contributed by atoms with Gasteiger partial charge in [-0.15, -0.1) is 0 Å². The van der Waals surface area contributed by atoms with Crippen molar-refractivity contribution < 1.29 is 14.6 Å². The van der Waals surface area contributed by atoms with Gasteiger partial charge in [-0.2, -0.15) is 0 Å². The van der Waals surface area contributed by atoms with Gasteiger partial charge in [0.25, 0.3) is 5.91 Å². The molecule has 28 heavy (non-hydrogen) atoms. The molecule has 0 aliphatic carbocycles. The van der Waals surface area contributed by atoms with E-state index in [2.05, 4.69) is 4.98 Å². The van der Waals surface area contributed by atoms with E-state index in [1.807, 2.05) is 12.1 Å². The van der Waals surface area contributed by atoms with E-state index >= 15 is 0 Å². The number of phenols is 1. The number of para-hydroxylation sites is 2. The maximum absolute atomic E-state index is 13.2. The normalized spacial score (nSPS) is 11.7. The molecule has 2 aromatic carbocycles. The summed E-state index contributed by atoms with van der Waals surface area (Å²) < 4.78 is 5.76. The highest BCUT2D eigenvalue weighted by Crippen LogP contribution is 2.31. The van der Waals surface area contributed by atoms with E-state index in [-0.39, 0.29) is 18.2 Å². The lowest BCUT2D eigenvalue weighted by atomic mass is 10.2. The number of ether oxygens (including phenoxy) is 1. The molecular formula is C21H18Cl2N2O3. The SMILES string of the molecule is CC(Oc1ccc(Cl)cc1Cl)C(=O)N(Cc1ccccn1)c1ccccc1O. The highest BCUT2D eigenvalue weighted by atomic mass is 35.5. The van der Waals surface area contributed by atoms with E-state index < -0.39 is 6.10 Å². The molecule has 0 bridgehead atoms. The van der Waals surface area contributed by atoms with Crippen molar-refractivity contribution >= 4 is 34.8 Å². The maximum atomic E-state index is 13.2. The number of aromatic nitrogens is 1. The second-order valence-corrected chi connectivity index (χ2v) is 6.91. The highest BCUT2D eigenvalue weighted by Gasteiger charge is 2.26. The summed E-state index contributed by atoms with van der Waals surface area (Å²) in [5, 5.41) is 11.0. The van der Waals surface area contributed by atoms with Crippen LogP contribution in [0.4, 0.5) is 5.69 Å². The van der Waals surface area contributed by atoms with Crippen LogP contribution in [0.25, 0.3) is 0 Å². The predicted octanol–water partition coefficient (Wildman–Crippen LogP) is 5.09. The van der Waals surface area contributed by atoms with Crippen LogP contribution in [0, 0.1) is 0 Å². The molecule has 1 N–H and O–H groups in total. The lowest BCUT2D eigenvalue weighted by Gasteiger charge is -2.26. The van der Waals surface area contributed by atoms with E-state index in [0.29, 0.717) is 27.2 Å². The number of halogens is 2. The van der Waals surface area contributed by atoms with Gasteiger partial charge >= 0.3 is 0 Å². The van der Waals surface area contributed by atoms with Gasteiger partial charge < -0.3 is 9.84 Å². The minimum absolute atomic E-state index is 0.0106. The average molecular weight is 417 g/mol. The third-order valence-electron chi connectivity index (χ3n) is 4.03. The Labute approximate surface area is 173 Å². The summed E-state index contributed by atoms with van der Waals surface area (Å²) in [7, 11) is 0. The van der Waals surface area contributed by atoms with Crippen molar-refractivity contribution in [1.82, 2.24) is 4.98 Å². The molecule has 1 atom stereocenters. The fourth-order valence-electron chi connectivity index (χ4n) is 2.66. The third-order valence-corrected chi connectivity index (χ3v) is 4.56. The largest absolute Gasteiger partial charge is 0.506 e. The molecule has 0 spiro atoms. The minimum Gasteiger partial charge on any atom is -0.506 e. The summed E-state index contributed by atoms with van der Waals surface area (Å²) in [5.41, 5.74) is 1.05. The van der Waals surface area contributed by atoms with Crippen LogP contribution < -0.4 is 9.64 Å². The second kappa shape index (κ2) is 8.95. The number of rotatable bonds is 6. The second-order valence-electron chi connectivity index (χ2n) is 6.07. The zero-order valence-corrected chi connectivity index (χ0v) is 16.6. The molecule has 7 heteroatoms. The maximum Gasteiger partial charge on any atom is 0.268 e. The first kappa shape index (κ1) is 20.0. The summed E-state index contributed by atoms with van der Waals surface area (Å²) in [6.07, 6.45) is 0.790. The van der Waals surface area contributed by atoms with Gasteiger partial charge in [-0.25, -0.2) is 0 Å².